The molecule has 0 fully saturated rings. The third-order valence-corrected chi connectivity index (χ3v) is 1.93. The fraction of sp³-hybridized carbons (Fsp3) is 0.250. The topological polar surface area (TPSA) is 56.8 Å². The van der Waals surface area contributed by atoms with E-state index in [0.29, 0.717) is 17.2 Å². The number of nitrogens with one attached hydrogen (secondary N) is 1. The van der Waals surface area contributed by atoms with Crippen molar-refractivity contribution in [1.82, 2.24) is 0 Å². The van der Waals surface area contributed by atoms with Crippen LogP contribution >= 0.6 is 0 Å². The molecule has 1 amide bonds. The van der Waals surface area contributed by atoms with Crippen LogP contribution in [0.15, 0.2) is 30.9 Å². The molecule has 0 atom stereocenters. The van der Waals surface area contributed by atoms with E-state index in [2.05, 4.69) is 11.9 Å². The quantitative estimate of drug-likeness (QED) is 0.799. The zero-order valence-corrected chi connectivity index (χ0v) is 9.86. The number of carbonyl (C=O) groups is 1. The molecule has 0 saturated carbocycles. The molecule has 17 heavy (non-hydrogen) atoms. The second kappa shape index (κ2) is 6.42. The molecule has 1 aromatic rings. The molecule has 0 aromatic heterocycles. The monoisotopic (exact) mass is 237 g/mol. The molecule has 92 valence electrons. The predicted octanol–water partition coefficient (Wildman–Crippen LogP) is 2.44. The standard InChI is InChI=1S/C12H15NO4/c1-4-5-17-12(14)13-9-6-10(15-2)8-11(7-9)16-3/h4,6-8H,1,5H2,2-3H3,(H,13,14). The van der Waals surface area contributed by atoms with Crippen LogP contribution in [-0.4, -0.2) is 26.9 Å². The predicted molar refractivity (Wildman–Crippen MR) is 64.7 cm³/mol. The Morgan fingerprint density at radius 3 is 2.35 bits per heavy atom. The highest BCUT2D eigenvalue weighted by molar-refractivity contribution is 5.85. The van der Waals surface area contributed by atoms with Crippen molar-refractivity contribution >= 4 is 11.8 Å². The van der Waals surface area contributed by atoms with Crippen molar-refractivity contribution in [2.75, 3.05) is 26.1 Å². The number of hydrogen-bond acceptors (Lipinski definition) is 4. The van der Waals surface area contributed by atoms with E-state index < -0.39 is 6.09 Å². The van der Waals surface area contributed by atoms with Gasteiger partial charge in [-0.1, -0.05) is 12.7 Å². The number of benzene rings is 1. The number of amides is 1. The average molecular weight is 237 g/mol. The highest BCUT2D eigenvalue weighted by atomic mass is 16.5. The molecule has 0 aliphatic carbocycles. The summed E-state index contributed by atoms with van der Waals surface area (Å²) < 4.78 is 14.9. The van der Waals surface area contributed by atoms with Gasteiger partial charge in [-0.15, -0.1) is 0 Å². The smallest absolute Gasteiger partial charge is 0.411 e. The van der Waals surface area contributed by atoms with Crippen LogP contribution in [0.1, 0.15) is 0 Å². The van der Waals surface area contributed by atoms with Crippen LogP contribution in [0.3, 0.4) is 0 Å². The lowest BCUT2D eigenvalue weighted by atomic mass is 10.3. The van der Waals surface area contributed by atoms with Gasteiger partial charge in [-0.05, 0) is 0 Å². The first-order valence-corrected chi connectivity index (χ1v) is 4.97. The van der Waals surface area contributed by atoms with Gasteiger partial charge in [0, 0.05) is 18.2 Å². The minimum Gasteiger partial charge on any atom is -0.497 e. The minimum atomic E-state index is -0.555. The lowest BCUT2D eigenvalue weighted by Crippen LogP contribution is -2.13. The summed E-state index contributed by atoms with van der Waals surface area (Å²) in [5, 5.41) is 2.56. The summed E-state index contributed by atoms with van der Waals surface area (Å²) in [6.45, 7) is 3.61. The molecular formula is C12H15NO4. The lowest BCUT2D eigenvalue weighted by Gasteiger charge is -2.09. The number of rotatable bonds is 5. The van der Waals surface area contributed by atoms with E-state index in [0.717, 1.165) is 0 Å². The maximum absolute atomic E-state index is 11.3. The van der Waals surface area contributed by atoms with Gasteiger partial charge < -0.3 is 14.2 Å². The van der Waals surface area contributed by atoms with Crippen LogP contribution in [0.4, 0.5) is 10.5 Å². The number of ether oxygens (including phenoxy) is 3. The van der Waals surface area contributed by atoms with Gasteiger partial charge in [-0.2, -0.15) is 0 Å². The SMILES string of the molecule is C=CCOC(=O)Nc1cc(OC)cc(OC)c1. The van der Waals surface area contributed by atoms with Crippen molar-refractivity contribution in [3.05, 3.63) is 30.9 Å². The number of carbonyl (C=O) groups excluding carboxylic acids is 1. The average Bonchev–Trinajstić information content (AvgIpc) is 2.35. The molecule has 5 heteroatoms. The van der Waals surface area contributed by atoms with Gasteiger partial charge in [0.15, 0.2) is 0 Å². The van der Waals surface area contributed by atoms with Gasteiger partial charge in [-0.3, -0.25) is 5.32 Å². The number of methoxy groups -OCH3 is 2. The fourth-order valence-electron chi connectivity index (χ4n) is 1.17. The summed E-state index contributed by atoms with van der Waals surface area (Å²) in [5.41, 5.74) is 0.537. The van der Waals surface area contributed by atoms with Crippen LogP contribution in [0.25, 0.3) is 0 Å². The normalized spacial score (nSPS) is 9.29. The largest absolute Gasteiger partial charge is 0.497 e. The zero-order valence-electron chi connectivity index (χ0n) is 9.86. The van der Waals surface area contributed by atoms with Crippen LogP contribution in [0.5, 0.6) is 11.5 Å². The van der Waals surface area contributed by atoms with Crippen molar-refractivity contribution in [3.63, 3.8) is 0 Å². The lowest BCUT2D eigenvalue weighted by molar-refractivity contribution is 0.174. The van der Waals surface area contributed by atoms with Gasteiger partial charge in [0.05, 0.1) is 19.9 Å². The Bertz CT molecular complexity index is 381. The van der Waals surface area contributed by atoms with Crippen LogP contribution < -0.4 is 14.8 Å². The molecule has 5 nitrogen and oxygen atoms in total. The van der Waals surface area contributed by atoms with Crippen molar-refractivity contribution in [1.29, 1.82) is 0 Å². The van der Waals surface area contributed by atoms with Crippen molar-refractivity contribution in [2.24, 2.45) is 0 Å². The van der Waals surface area contributed by atoms with Gasteiger partial charge in [0.1, 0.15) is 18.1 Å². The maximum Gasteiger partial charge on any atom is 0.411 e. The van der Waals surface area contributed by atoms with Crippen molar-refractivity contribution < 1.29 is 19.0 Å². The Labute approximate surface area is 100.0 Å². The molecule has 1 N–H and O–H groups in total. The van der Waals surface area contributed by atoms with E-state index in [1.165, 1.54) is 20.3 Å². The third kappa shape index (κ3) is 4.06. The van der Waals surface area contributed by atoms with Gasteiger partial charge in [0.25, 0.3) is 0 Å². The first-order valence-electron chi connectivity index (χ1n) is 4.97. The molecule has 1 aromatic carbocycles. The van der Waals surface area contributed by atoms with Gasteiger partial charge in [-0.25, -0.2) is 4.79 Å². The second-order valence-electron chi connectivity index (χ2n) is 3.11. The van der Waals surface area contributed by atoms with E-state index in [1.54, 1.807) is 18.2 Å². The molecule has 1 rings (SSSR count). The summed E-state index contributed by atoms with van der Waals surface area (Å²) in [6.07, 6.45) is 0.936. The highest BCUT2D eigenvalue weighted by Crippen LogP contribution is 2.25. The van der Waals surface area contributed by atoms with Crippen LogP contribution in [0.2, 0.25) is 0 Å². The third-order valence-electron chi connectivity index (χ3n) is 1.93. The Hall–Kier alpha value is -2.17. The Kier molecular flexibility index (Phi) is 4.87. The highest BCUT2D eigenvalue weighted by Gasteiger charge is 2.06. The summed E-state index contributed by atoms with van der Waals surface area (Å²) in [4.78, 5) is 11.3. The zero-order chi connectivity index (χ0) is 12.7. The molecule has 0 bridgehead atoms. The van der Waals surface area contributed by atoms with E-state index >= 15 is 0 Å². The Morgan fingerprint density at radius 2 is 1.88 bits per heavy atom. The molecular weight excluding hydrogens is 222 g/mol. The second-order valence-corrected chi connectivity index (χ2v) is 3.11. The Morgan fingerprint density at radius 1 is 1.29 bits per heavy atom. The minimum absolute atomic E-state index is 0.160. The molecule has 0 unspecified atom stereocenters. The van der Waals surface area contributed by atoms with Crippen LogP contribution in [0, 0.1) is 0 Å². The molecule has 0 aliphatic heterocycles. The first kappa shape index (κ1) is 12.9. The summed E-state index contributed by atoms with van der Waals surface area (Å²) >= 11 is 0. The Balaban J connectivity index is 2.75. The summed E-state index contributed by atoms with van der Waals surface area (Å²) in [6, 6.07) is 5.04. The number of hydrogen-bond donors (Lipinski definition) is 1. The van der Waals surface area contributed by atoms with E-state index in [4.69, 9.17) is 14.2 Å². The summed E-state index contributed by atoms with van der Waals surface area (Å²) in [7, 11) is 3.07. The first-order chi connectivity index (χ1) is 8.19. The maximum atomic E-state index is 11.3. The molecule has 0 heterocycles. The van der Waals surface area contributed by atoms with Crippen molar-refractivity contribution in [2.45, 2.75) is 0 Å². The van der Waals surface area contributed by atoms with E-state index in [9.17, 15) is 4.79 Å². The van der Waals surface area contributed by atoms with Crippen LogP contribution in [-0.2, 0) is 4.74 Å². The van der Waals surface area contributed by atoms with E-state index in [1.807, 2.05) is 0 Å². The number of anilines is 1. The summed E-state index contributed by atoms with van der Waals surface area (Å²) in [5.74, 6) is 1.17. The van der Waals surface area contributed by atoms with Crippen molar-refractivity contribution in [3.8, 4) is 11.5 Å². The van der Waals surface area contributed by atoms with E-state index in [-0.39, 0.29) is 6.61 Å². The fourth-order valence-corrected chi connectivity index (χ4v) is 1.17. The molecule has 0 aliphatic rings. The molecule has 0 saturated heterocycles. The van der Waals surface area contributed by atoms with Gasteiger partial charge in [0.2, 0.25) is 0 Å². The van der Waals surface area contributed by atoms with Gasteiger partial charge >= 0.3 is 6.09 Å². The molecule has 0 radical (unpaired) electrons. The molecule has 0 spiro atoms.